The topological polar surface area (TPSA) is 93.4 Å². The van der Waals surface area contributed by atoms with Gasteiger partial charge in [0.2, 0.25) is 0 Å². The van der Waals surface area contributed by atoms with Gasteiger partial charge in [-0.2, -0.15) is 5.10 Å². The third kappa shape index (κ3) is 4.91. The molecule has 0 fully saturated rings. The van der Waals surface area contributed by atoms with Gasteiger partial charge in [0.15, 0.2) is 0 Å². The number of amides is 1. The SMILES string of the molecule is Cc1cc(CC(NC(=O)OCC(C)C)C(=O)O)nn1C. The van der Waals surface area contributed by atoms with Gasteiger partial charge in [-0.05, 0) is 18.9 Å². The molecule has 0 spiro atoms. The summed E-state index contributed by atoms with van der Waals surface area (Å²) in [5.41, 5.74) is 1.54. The number of carboxylic acid groups (broad SMARTS) is 1. The Kier molecular flexibility index (Phi) is 5.54. The van der Waals surface area contributed by atoms with Crippen LogP contribution in [0.1, 0.15) is 25.2 Å². The van der Waals surface area contributed by atoms with Gasteiger partial charge < -0.3 is 15.2 Å². The highest BCUT2D eigenvalue weighted by Crippen LogP contribution is 2.05. The van der Waals surface area contributed by atoms with Crippen LogP contribution in [-0.2, 0) is 23.0 Å². The maximum atomic E-state index is 11.5. The first-order chi connectivity index (χ1) is 9.29. The van der Waals surface area contributed by atoms with Crippen molar-refractivity contribution in [1.82, 2.24) is 15.1 Å². The molecule has 0 aliphatic rings. The summed E-state index contributed by atoms with van der Waals surface area (Å²) in [5.74, 6) is -0.919. The molecule has 1 aromatic heterocycles. The molecular formula is C13H21N3O4. The van der Waals surface area contributed by atoms with Crippen LogP contribution in [0.2, 0.25) is 0 Å². The van der Waals surface area contributed by atoms with Crippen molar-refractivity contribution in [2.24, 2.45) is 13.0 Å². The molecule has 1 aromatic rings. The Hall–Kier alpha value is -2.05. The number of nitrogens with one attached hydrogen (secondary N) is 1. The molecule has 0 saturated heterocycles. The largest absolute Gasteiger partial charge is 0.480 e. The van der Waals surface area contributed by atoms with Crippen molar-refractivity contribution in [2.45, 2.75) is 33.2 Å². The van der Waals surface area contributed by atoms with Crippen LogP contribution in [0.5, 0.6) is 0 Å². The van der Waals surface area contributed by atoms with Gasteiger partial charge in [0.1, 0.15) is 6.04 Å². The van der Waals surface area contributed by atoms with E-state index in [0.29, 0.717) is 5.69 Å². The molecule has 112 valence electrons. The minimum Gasteiger partial charge on any atom is -0.480 e. The summed E-state index contributed by atoms with van der Waals surface area (Å²) in [6.07, 6.45) is -0.605. The Morgan fingerprint density at radius 1 is 1.50 bits per heavy atom. The van der Waals surface area contributed by atoms with Gasteiger partial charge in [-0.3, -0.25) is 4.68 Å². The van der Waals surface area contributed by atoms with Crippen molar-refractivity contribution in [3.05, 3.63) is 17.5 Å². The van der Waals surface area contributed by atoms with Gasteiger partial charge in [-0.25, -0.2) is 9.59 Å². The molecule has 1 atom stereocenters. The predicted octanol–water partition coefficient (Wildman–Crippen LogP) is 1.11. The zero-order chi connectivity index (χ0) is 15.3. The molecule has 7 heteroatoms. The van der Waals surface area contributed by atoms with Gasteiger partial charge in [-0.1, -0.05) is 13.8 Å². The van der Waals surface area contributed by atoms with E-state index < -0.39 is 18.1 Å². The van der Waals surface area contributed by atoms with Crippen LogP contribution < -0.4 is 5.32 Å². The smallest absolute Gasteiger partial charge is 0.407 e. The molecule has 1 amide bonds. The summed E-state index contributed by atoms with van der Waals surface area (Å²) in [6.45, 7) is 5.93. The molecule has 0 saturated carbocycles. The van der Waals surface area contributed by atoms with E-state index in [-0.39, 0.29) is 18.9 Å². The molecular weight excluding hydrogens is 262 g/mol. The highest BCUT2D eigenvalue weighted by atomic mass is 16.5. The third-order valence-electron chi connectivity index (χ3n) is 2.72. The van der Waals surface area contributed by atoms with Gasteiger partial charge >= 0.3 is 12.1 Å². The lowest BCUT2D eigenvalue weighted by molar-refractivity contribution is -0.139. The number of hydrogen-bond acceptors (Lipinski definition) is 4. The summed E-state index contributed by atoms with van der Waals surface area (Å²) >= 11 is 0. The summed E-state index contributed by atoms with van der Waals surface area (Å²) < 4.78 is 6.57. The maximum Gasteiger partial charge on any atom is 0.407 e. The van der Waals surface area contributed by atoms with E-state index in [1.54, 1.807) is 17.8 Å². The van der Waals surface area contributed by atoms with Crippen LogP contribution in [0.3, 0.4) is 0 Å². The molecule has 7 nitrogen and oxygen atoms in total. The molecule has 20 heavy (non-hydrogen) atoms. The number of carboxylic acids is 1. The van der Waals surface area contributed by atoms with E-state index in [4.69, 9.17) is 9.84 Å². The standard InChI is InChI=1S/C13H21N3O4/c1-8(2)7-20-13(19)14-11(12(17)18)6-10-5-9(3)16(4)15-10/h5,8,11H,6-7H2,1-4H3,(H,14,19)(H,17,18). The van der Waals surface area contributed by atoms with E-state index in [1.165, 1.54) is 0 Å². The molecule has 0 aliphatic heterocycles. The summed E-state index contributed by atoms with van der Waals surface area (Å²) in [5, 5.41) is 15.6. The lowest BCUT2D eigenvalue weighted by Crippen LogP contribution is -2.43. The lowest BCUT2D eigenvalue weighted by atomic mass is 10.1. The zero-order valence-electron chi connectivity index (χ0n) is 12.2. The van der Waals surface area contributed by atoms with Crippen LogP contribution in [0.25, 0.3) is 0 Å². The van der Waals surface area contributed by atoms with E-state index >= 15 is 0 Å². The van der Waals surface area contributed by atoms with Gasteiger partial charge in [0.05, 0.1) is 12.3 Å². The summed E-state index contributed by atoms with van der Waals surface area (Å²) in [6, 6.07) is 0.737. The van der Waals surface area contributed by atoms with Crippen molar-refractivity contribution in [3.8, 4) is 0 Å². The average Bonchev–Trinajstić information content (AvgIpc) is 2.65. The number of aliphatic carboxylic acids is 1. The number of carbonyl (C=O) groups excluding carboxylic acids is 1. The lowest BCUT2D eigenvalue weighted by Gasteiger charge is -2.14. The minimum atomic E-state index is -1.12. The first kappa shape index (κ1) is 16.0. The van der Waals surface area contributed by atoms with Crippen molar-refractivity contribution in [2.75, 3.05) is 6.61 Å². The second kappa shape index (κ2) is 6.93. The first-order valence-electron chi connectivity index (χ1n) is 6.45. The number of aromatic nitrogens is 2. The molecule has 1 rings (SSSR count). The Balaban J connectivity index is 2.61. The van der Waals surface area contributed by atoms with Crippen molar-refractivity contribution >= 4 is 12.1 Å². The Bertz CT molecular complexity index is 462. The van der Waals surface area contributed by atoms with Crippen LogP contribution in [-0.4, -0.2) is 39.6 Å². The maximum absolute atomic E-state index is 11.5. The quantitative estimate of drug-likeness (QED) is 0.815. The summed E-state index contributed by atoms with van der Waals surface area (Å²) in [7, 11) is 1.78. The van der Waals surface area contributed by atoms with Gasteiger partial charge in [-0.15, -0.1) is 0 Å². The van der Waals surface area contributed by atoms with E-state index in [9.17, 15) is 9.59 Å². The fraction of sp³-hybridized carbons (Fsp3) is 0.615. The van der Waals surface area contributed by atoms with E-state index in [1.807, 2.05) is 20.8 Å². The molecule has 2 N–H and O–H groups in total. The normalized spacial score (nSPS) is 12.2. The molecule has 0 radical (unpaired) electrons. The molecule has 0 aromatic carbocycles. The molecule has 1 unspecified atom stereocenters. The number of hydrogen-bond donors (Lipinski definition) is 2. The van der Waals surface area contributed by atoms with E-state index in [2.05, 4.69) is 10.4 Å². The fourth-order valence-electron chi connectivity index (χ4n) is 1.57. The van der Waals surface area contributed by atoms with Crippen LogP contribution >= 0.6 is 0 Å². The minimum absolute atomic E-state index is 0.119. The van der Waals surface area contributed by atoms with Crippen molar-refractivity contribution in [1.29, 1.82) is 0 Å². The van der Waals surface area contributed by atoms with Crippen LogP contribution in [0.15, 0.2) is 6.07 Å². The average molecular weight is 283 g/mol. The number of carbonyl (C=O) groups is 2. The van der Waals surface area contributed by atoms with Crippen LogP contribution in [0, 0.1) is 12.8 Å². The Morgan fingerprint density at radius 2 is 2.15 bits per heavy atom. The monoisotopic (exact) mass is 283 g/mol. The highest BCUT2D eigenvalue weighted by Gasteiger charge is 2.22. The Labute approximate surface area is 117 Å². The number of aryl methyl sites for hydroxylation is 2. The number of nitrogens with zero attached hydrogens (tertiary/aromatic N) is 2. The highest BCUT2D eigenvalue weighted by molar-refractivity contribution is 5.80. The third-order valence-corrected chi connectivity index (χ3v) is 2.72. The van der Waals surface area contributed by atoms with Crippen LogP contribution in [0.4, 0.5) is 4.79 Å². The number of alkyl carbamates (subject to hydrolysis) is 1. The number of rotatable bonds is 6. The van der Waals surface area contributed by atoms with Crippen molar-refractivity contribution in [3.63, 3.8) is 0 Å². The Morgan fingerprint density at radius 3 is 2.60 bits per heavy atom. The van der Waals surface area contributed by atoms with Gasteiger partial charge in [0, 0.05) is 19.2 Å². The second-order valence-electron chi connectivity index (χ2n) is 5.13. The zero-order valence-corrected chi connectivity index (χ0v) is 12.2. The molecule has 0 aliphatic carbocycles. The molecule has 1 heterocycles. The fourth-order valence-corrected chi connectivity index (χ4v) is 1.57. The van der Waals surface area contributed by atoms with Crippen molar-refractivity contribution < 1.29 is 19.4 Å². The van der Waals surface area contributed by atoms with E-state index in [0.717, 1.165) is 5.69 Å². The molecule has 0 bridgehead atoms. The second-order valence-corrected chi connectivity index (χ2v) is 5.13. The number of ether oxygens (including phenoxy) is 1. The summed E-state index contributed by atoms with van der Waals surface area (Å²) in [4.78, 5) is 22.7. The van der Waals surface area contributed by atoms with Gasteiger partial charge in [0.25, 0.3) is 0 Å². The first-order valence-corrected chi connectivity index (χ1v) is 6.45. The predicted molar refractivity (Wildman–Crippen MR) is 72.4 cm³/mol.